The maximum Gasteiger partial charge on any atom is 0.0945 e. The van der Waals surface area contributed by atoms with Crippen molar-refractivity contribution in [3.05, 3.63) is 18.2 Å². The van der Waals surface area contributed by atoms with Gasteiger partial charge in [0.15, 0.2) is 0 Å². The van der Waals surface area contributed by atoms with Gasteiger partial charge in [0.1, 0.15) is 0 Å². The molecule has 16 heavy (non-hydrogen) atoms. The third kappa shape index (κ3) is 4.77. The van der Waals surface area contributed by atoms with Crippen LogP contribution >= 0.6 is 0 Å². The largest absolute Gasteiger partial charge is 0.337 e. The molecule has 4 nitrogen and oxygen atoms in total. The van der Waals surface area contributed by atoms with Crippen molar-refractivity contribution in [2.24, 2.45) is 13.0 Å². The molecule has 0 aromatic carbocycles. The van der Waals surface area contributed by atoms with Gasteiger partial charge in [-0.3, -0.25) is 4.90 Å². The van der Waals surface area contributed by atoms with E-state index < -0.39 is 0 Å². The Morgan fingerprint density at radius 3 is 2.81 bits per heavy atom. The average Bonchev–Trinajstić information content (AvgIpc) is 2.59. The van der Waals surface area contributed by atoms with E-state index in [4.69, 9.17) is 0 Å². The predicted molar refractivity (Wildman–Crippen MR) is 67.2 cm³/mol. The molecule has 0 radical (unpaired) electrons. The Balaban J connectivity index is 2.16. The number of aryl methyl sites for hydroxylation is 1. The van der Waals surface area contributed by atoms with Gasteiger partial charge in [0.25, 0.3) is 0 Å². The van der Waals surface area contributed by atoms with Crippen LogP contribution in [0.15, 0.2) is 12.5 Å². The zero-order chi connectivity index (χ0) is 12.0. The summed E-state index contributed by atoms with van der Waals surface area (Å²) in [6, 6.07) is 0. The smallest absolute Gasteiger partial charge is 0.0945 e. The fraction of sp³-hybridized carbons (Fsp3) is 0.750. The lowest BCUT2D eigenvalue weighted by Crippen LogP contribution is -2.31. The van der Waals surface area contributed by atoms with E-state index >= 15 is 0 Å². The highest BCUT2D eigenvalue weighted by molar-refractivity contribution is 4.96. The van der Waals surface area contributed by atoms with Crippen LogP contribution in [0.3, 0.4) is 0 Å². The molecule has 0 saturated carbocycles. The first-order valence-electron chi connectivity index (χ1n) is 5.94. The van der Waals surface area contributed by atoms with Gasteiger partial charge in [-0.15, -0.1) is 0 Å². The quantitative estimate of drug-likeness (QED) is 0.704. The number of aromatic nitrogens is 2. The van der Waals surface area contributed by atoms with Crippen molar-refractivity contribution in [2.45, 2.75) is 20.4 Å². The average molecular weight is 224 g/mol. The Labute approximate surface area is 98.7 Å². The molecule has 0 aliphatic rings. The summed E-state index contributed by atoms with van der Waals surface area (Å²) in [6.45, 7) is 8.63. The number of nitrogens with one attached hydrogen (secondary N) is 1. The van der Waals surface area contributed by atoms with Gasteiger partial charge in [-0.2, -0.15) is 0 Å². The zero-order valence-electron chi connectivity index (χ0n) is 10.9. The highest BCUT2D eigenvalue weighted by Gasteiger charge is 2.03. The summed E-state index contributed by atoms with van der Waals surface area (Å²) in [7, 11) is 4.18. The van der Waals surface area contributed by atoms with E-state index in [0.29, 0.717) is 0 Å². The van der Waals surface area contributed by atoms with Crippen molar-refractivity contribution in [3.63, 3.8) is 0 Å². The summed E-state index contributed by atoms with van der Waals surface area (Å²) in [6.07, 6.45) is 3.78. The van der Waals surface area contributed by atoms with Gasteiger partial charge in [-0.05, 0) is 19.5 Å². The van der Waals surface area contributed by atoms with E-state index in [9.17, 15) is 0 Å². The molecule has 0 aliphatic carbocycles. The minimum Gasteiger partial charge on any atom is -0.337 e. The van der Waals surface area contributed by atoms with Gasteiger partial charge in [-0.25, -0.2) is 4.98 Å². The molecular weight excluding hydrogens is 200 g/mol. The van der Waals surface area contributed by atoms with Crippen LogP contribution in [0.2, 0.25) is 0 Å². The van der Waals surface area contributed by atoms with Gasteiger partial charge in [0, 0.05) is 32.9 Å². The van der Waals surface area contributed by atoms with E-state index in [1.54, 1.807) is 0 Å². The predicted octanol–water partition coefficient (Wildman–Crippen LogP) is 1.10. The van der Waals surface area contributed by atoms with Crippen LogP contribution in [-0.2, 0) is 13.6 Å². The van der Waals surface area contributed by atoms with E-state index in [1.807, 2.05) is 19.6 Å². The van der Waals surface area contributed by atoms with Crippen LogP contribution in [0, 0.1) is 5.92 Å². The van der Waals surface area contributed by atoms with Crippen molar-refractivity contribution in [1.82, 2.24) is 19.8 Å². The molecule has 1 N–H and O–H groups in total. The second-order valence-corrected chi connectivity index (χ2v) is 4.83. The maximum absolute atomic E-state index is 4.12. The first kappa shape index (κ1) is 13.2. The van der Waals surface area contributed by atoms with E-state index in [1.165, 1.54) is 5.69 Å². The lowest BCUT2D eigenvalue weighted by molar-refractivity contribution is 0.315. The minimum atomic E-state index is 0.724. The van der Waals surface area contributed by atoms with E-state index in [-0.39, 0.29) is 0 Å². The SMILES string of the molecule is CC(C)CNCCN(C)Cc1cncn1C. The summed E-state index contributed by atoms with van der Waals surface area (Å²) < 4.78 is 2.07. The zero-order valence-corrected chi connectivity index (χ0v) is 10.9. The molecule has 0 atom stereocenters. The Bertz CT molecular complexity index is 293. The molecule has 0 unspecified atom stereocenters. The second-order valence-electron chi connectivity index (χ2n) is 4.83. The van der Waals surface area contributed by atoms with Crippen LogP contribution in [0.4, 0.5) is 0 Å². The fourth-order valence-corrected chi connectivity index (χ4v) is 1.55. The molecule has 1 rings (SSSR count). The van der Waals surface area contributed by atoms with Crippen LogP contribution in [0.5, 0.6) is 0 Å². The maximum atomic E-state index is 4.12. The minimum absolute atomic E-state index is 0.724. The van der Waals surface area contributed by atoms with Gasteiger partial charge in [0.2, 0.25) is 0 Å². The molecule has 4 heteroatoms. The molecule has 1 aromatic rings. The number of hydrogen-bond acceptors (Lipinski definition) is 3. The highest BCUT2D eigenvalue weighted by atomic mass is 15.1. The number of hydrogen-bond donors (Lipinski definition) is 1. The topological polar surface area (TPSA) is 33.1 Å². The lowest BCUT2D eigenvalue weighted by Gasteiger charge is -2.17. The van der Waals surface area contributed by atoms with Crippen LogP contribution < -0.4 is 5.32 Å². The van der Waals surface area contributed by atoms with E-state index in [0.717, 1.165) is 32.1 Å². The third-order valence-corrected chi connectivity index (χ3v) is 2.57. The molecule has 0 spiro atoms. The highest BCUT2D eigenvalue weighted by Crippen LogP contribution is 2.00. The summed E-state index contributed by atoms with van der Waals surface area (Å²) in [5.41, 5.74) is 1.26. The summed E-state index contributed by atoms with van der Waals surface area (Å²) in [4.78, 5) is 6.42. The van der Waals surface area contributed by atoms with Crippen molar-refractivity contribution in [3.8, 4) is 0 Å². The first-order valence-corrected chi connectivity index (χ1v) is 5.94. The monoisotopic (exact) mass is 224 g/mol. The van der Waals surface area contributed by atoms with Crippen molar-refractivity contribution in [1.29, 1.82) is 0 Å². The third-order valence-electron chi connectivity index (χ3n) is 2.57. The Morgan fingerprint density at radius 1 is 1.50 bits per heavy atom. The molecule has 0 aliphatic heterocycles. The Hall–Kier alpha value is -0.870. The fourth-order valence-electron chi connectivity index (χ4n) is 1.55. The lowest BCUT2D eigenvalue weighted by atomic mass is 10.2. The standard InChI is InChI=1S/C12H24N4/c1-11(2)7-13-5-6-15(3)9-12-8-14-10-16(12)4/h8,10-11,13H,5-7,9H2,1-4H3. The van der Waals surface area contributed by atoms with E-state index in [2.05, 4.69) is 40.7 Å². The summed E-state index contributed by atoms with van der Waals surface area (Å²) >= 11 is 0. The summed E-state index contributed by atoms with van der Waals surface area (Å²) in [5.74, 6) is 0.724. The second kappa shape index (κ2) is 6.66. The van der Waals surface area contributed by atoms with Crippen LogP contribution in [-0.4, -0.2) is 41.1 Å². The molecule has 0 fully saturated rings. The number of imidazole rings is 1. The summed E-state index contributed by atoms with van der Waals surface area (Å²) in [5, 5.41) is 3.45. The van der Waals surface area contributed by atoms with Crippen molar-refractivity contribution >= 4 is 0 Å². The number of rotatable bonds is 7. The molecule has 1 heterocycles. The molecule has 0 bridgehead atoms. The van der Waals surface area contributed by atoms with Gasteiger partial charge >= 0.3 is 0 Å². The van der Waals surface area contributed by atoms with Gasteiger partial charge in [0.05, 0.1) is 12.0 Å². The normalized spacial score (nSPS) is 11.6. The van der Waals surface area contributed by atoms with Crippen LogP contribution in [0.1, 0.15) is 19.5 Å². The first-order chi connectivity index (χ1) is 7.59. The van der Waals surface area contributed by atoms with Crippen LogP contribution in [0.25, 0.3) is 0 Å². The molecule has 0 amide bonds. The Kier molecular flexibility index (Phi) is 5.49. The van der Waals surface area contributed by atoms with Gasteiger partial charge in [-0.1, -0.05) is 13.8 Å². The molecular formula is C12H24N4. The van der Waals surface area contributed by atoms with Gasteiger partial charge < -0.3 is 9.88 Å². The number of nitrogens with zero attached hydrogens (tertiary/aromatic N) is 3. The Morgan fingerprint density at radius 2 is 2.25 bits per heavy atom. The molecule has 92 valence electrons. The van der Waals surface area contributed by atoms with Crippen molar-refractivity contribution in [2.75, 3.05) is 26.7 Å². The molecule has 1 aromatic heterocycles. The number of likely N-dealkylation sites (N-methyl/N-ethyl adjacent to an activating group) is 1. The van der Waals surface area contributed by atoms with Crippen molar-refractivity contribution < 1.29 is 0 Å². The molecule has 0 saturated heterocycles.